The summed E-state index contributed by atoms with van der Waals surface area (Å²) in [6.45, 7) is 0.267. The molecule has 0 aliphatic heterocycles. The third-order valence-corrected chi connectivity index (χ3v) is 6.18. The highest BCUT2D eigenvalue weighted by atomic mass is 35.5. The summed E-state index contributed by atoms with van der Waals surface area (Å²) in [5.41, 5.74) is 4.05. The van der Waals surface area contributed by atoms with Crippen LogP contribution in [0.4, 0.5) is 8.78 Å². The summed E-state index contributed by atoms with van der Waals surface area (Å²) < 4.78 is 30.1. The molecule has 3 atom stereocenters. The molecule has 8 heteroatoms. The van der Waals surface area contributed by atoms with Gasteiger partial charge in [-0.1, -0.05) is 23.7 Å². The summed E-state index contributed by atoms with van der Waals surface area (Å²) in [5.74, 6) is -2.45. The molecule has 28 heavy (non-hydrogen) atoms. The number of imidazole rings is 1. The van der Waals surface area contributed by atoms with E-state index in [-0.39, 0.29) is 13.0 Å². The SMILES string of the molecule is FC1(F)CC1Cn1ncc2ccc(C3C[C@@H]3c3cc(Cl)nn4ccnc34)cc21. The zero-order valence-electron chi connectivity index (χ0n) is 14.8. The lowest BCUT2D eigenvalue weighted by Gasteiger charge is -2.06. The topological polar surface area (TPSA) is 48.0 Å². The van der Waals surface area contributed by atoms with Crippen molar-refractivity contribution in [3.8, 4) is 0 Å². The lowest BCUT2D eigenvalue weighted by Crippen LogP contribution is -2.06. The van der Waals surface area contributed by atoms with E-state index in [9.17, 15) is 8.78 Å². The van der Waals surface area contributed by atoms with Crippen molar-refractivity contribution in [2.45, 2.75) is 37.1 Å². The van der Waals surface area contributed by atoms with Crippen molar-refractivity contribution < 1.29 is 8.78 Å². The maximum Gasteiger partial charge on any atom is 0.253 e. The first-order valence-electron chi connectivity index (χ1n) is 9.33. The highest BCUT2D eigenvalue weighted by molar-refractivity contribution is 6.29. The standard InChI is InChI=1S/C20H16ClF2N5/c21-18-7-16(19-24-3-4-27(19)26-18)15-6-14(15)11-1-2-12-9-25-28(17(12)5-11)10-13-8-20(13,22)23/h1-5,7,9,13-15H,6,8,10H2/t13?,14?,15-/m0/s1. The number of hydrogen-bond acceptors (Lipinski definition) is 3. The van der Waals surface area contributed by atoms with Gasteiger partial charge in [-0.15, -0.1) is 0 Å². The first-order valence-corrected chi connectivity index (χ1v) is 9.70. The number of benzene rings is 1. The van der Waals surface area contributed by atoms with E-state index in [1.54, 1.807) is 27.8 Å². The average Bonchev–Trinajstić information content (AvgIpc) is 3.43. The van der Waals surface area contributed by atoms with Crippen LogP contribution in [0.5, 0.6) is 0 Å². The second-order valence-electron chi connectivity index (χ2n) is 7.87. The van der Waals surface area contributed by atoms with E-state index >= 15 is 0 Å². The molecule has 2 aliphatic carbocycles. The van der Waals surface area contributed by atoms with Gasteiger partial charge < -0.3 is 0 Å². The van der Waals surface area contributed by atoms with Crippen LogP contribution in [0.2, 0.25) is 5.15 Å². The van der Waals surface area contributed by atoms with Gasteiger partial charge in [-0.3, -0.25) is 4.68 Å². The molecule has 2 fully saturated rings. The van der Waals surface area contributed by atoms with Gasteiger partial charge in [-0.2, -0.15) is 10.2 Å². The van der Waals surface area contributed by atoms with Crippen LogP contribution in [0.3, 0.4) is 0 Å². The van der Waals surface area contributed by atoms with Gasteiger partial charge >= 0.3 is 0 Å². The Morgan fingerprint density at radius 2 is 2.07 bits per heavy atom. The Kier molecular flexibility index (Phi) is 3.23. The molecule has 5 nitrogen and oxygen atoms in total. The molecule has 0 spiro atoms. The third kappa shape index (κ3) is 2.53. The molecule has 3 heterocycles. The molecule has 142 valence electrons. The van der Waals surface area contributed by atoms with Crippen LogP contribution >= 0.6 is 11.6 Å². The fourth-order valence-corrected chi connectivity index (χ4v) is 4.43. The van der Waals surface area contributed by atoms with E-state index in [2.05, 4.69) is 27.3 Å². The van der Waals surface area contributed by atoms with Gasteiger partial charge in [0.05, 0.1) is 18.3 Å². The van der Waals surface area contributed by atoms with Gasteiger partial charge in [0.15, 0.2) is 5.65 Å². The summed E-state index contributed by atoms with van der Waals surface area (Å²) in [5, 5.41) is 10.00. The van der Waals surface area contributed by atoms with E-state index in [0.29, 0.717) is 17.0 Å². The summed E-state index contributed by atoms with van der Waals surface area (Å²) in [6.07, 6.45) is 6.23. The van der Waals surface area contributed by atoms with Crippen LogP contribution in [0.1, 0.15) is 35.8 Å². The van der Waals surface area contributed by atoms with Crippen molar-refractivity contribution >= 4 is 28.2 Å². The van der Waals surface area contributed by atoms with Crippen molar-refractivity contribution in [1.82, 2.24) is 24.4 Å². The van der Waals surface area contributed by atoms with E-state index in [4.69, 9.17) is 11.6 Å². The first-order chi connectivity index (χ1) is 13.5. The van der Waals surface area contributed by atoms with Gasteiger partial charge in [-0.25, -0.2) is 18.3 Å². The maximum absolute atomic E-state index is 13.3. The number of fused-ring (bicyclic) bond motifs is 2. The summed E-state index contributed by atoms with van der Waals surface area (Å²) in [6, 6.07) is 8.13. The van der Waals surface area contributed by atoms with Crippen molar-refractivity contribution in [3.05, 3.63) is 59.1 Å². The molecule has 0 N–H and O–H groups in total. The van der Waals surface area contributed by atoms with Gasteiger partial charge in [0.25, 0.3) is 5.92 Å². The summed E-state index contributed by atoms with van der Waals surface area (Å²) in [4.78, 5) is 4.41. The fraction of sp³-hybridized carbons (Fsp3) is 0.350. The molecule has 0 radical (unpaired) electrons. The minimum atomic E-state index is -2.53. The van der Waals surface area contributed by atoms with Gasteiger partial charge in [0.1, 0.15) is 5.15 Å². The van der Waals surface area contributed by atoms with E-state index in [1.165, 1.54) is 5.56 Å². The summed E-state index contributed by atoms with van der Waals surface area (Å²) >= 11 is 6.18. The molecule has 2 saturated carbocycles. The smallest absolute Gasteiger partial charge is 0.253 e. The van der Waals surface area contributed by atoms with Gasteiger partial charge in [-0.05, 0) is 36.0 Å². The minimum absolute atomic E-state index is 0.0398. The molecule has 0 bridgehead atoms. The number of rotatable bonds is 4. The van der Waals surface area contributed by atoms with Crippen LogP contribution in [0.25, 0.3) is 16.6 Å². The minimum Gasteiger partial charge on any atom is -0.264 e. The van der Waals surface area contributed by atoms with Crippen LogP contribution in [-0.4, -0.2) is 30.3 Å². The lowest BCUT2D eigenvalue weighted by molar-refractivity contribution is 0.0945. The Morgan fingerprint density at radius 3 is 2.89 bits per heavy atom. The normalized spacial score (nSPS) is 25.5. The van der Waals surface area contributed by atoms with Gasteiger partial charge in [0.2, 0.25) is 0 Å². The monoisotopic (exact) mass is 399 g/mol. The van der Waals surface area contributed by atoms with Crippen LogP contribution in [0.15, 0.2) is 42.9 Å². The maximum atomic E-state index is 13.3. The Hall–Kier alpha value is -2.54. The molecular weight excluding hydrogens is 384 g/mol. The second kappa shape index (κ2) is 5.50. The van der Waals surface area contributed by atoms with E-state index in [1.807, 2.05) is 12.1 Å². The molecule has 2 unspecified atom stereocenters. The molecule has 2 aliphatic rings. The number of aromatic nitrogens is 5. The lowest BCUT2D eigenvalue weighted by atomic mass is 10.0. The van der Waals surface area contributed by atoms with Crippen LogP contribution in [0, 0.1) is 5.92 Å². The van der Waals surface area contributed by atoms with Crippen molar-refractivity contribution in [1.29, 1.82) is 0 Å². The van der Waals surface area contributed by atoms with Crippen LogP contribution in [-0.2, 0) is 6.54 Å². The predicted octanol–water partition coefficient (Wildman–Crippen LogP) is 4.66. The largest absolute Gasteiger partial charge is 0.264 e. The first kappa shape index (κ1) is 16.4. The van der Waals surface area contributed by atoms with Crippen molar-refractivity contribution in [2.75, 3.05) is 0 Å². The van der Waals surface area contributed by atoms with Gasteiger partial charge in [0, 0.05) is 35.7 Å². The average molecular weight is 400 g/mol. The Morgan fingerprint density at radius 1 is 1.21 bits per heavy atom. The Bertz CT molecular complexity index is 1230. The highest BCUT2D eigenvalue weighted by Crippen LogP contribution is 2.56. The molecule has 3 aromatic heterocycles. The molecule has 1 aromatic carbocycles. The number of alkyl halides is 2. The van der Waals surface area contributed by atoms with E-state index < -0.39 is 11.8 Å². The van der Waals surface area contributed by atoms with E-state index in [0.717, 1.165) is 28.5 Å². The molecule has 0 amide bonds. The van der Waals surface area contributed by atoms with Crippen molar-refractivity contribution in [3.63, 3.8) is 0 Å². The fourth-order valence-electron chi connectivity index (χ4n) is 4.23. The highest BCUT2D eigenvalue weighted by Gasteiger charge is 2.57. The molecule has 6 rings (SSSR count). The van der Waals surface area contributed by atoms with Crippen LogP contribution < -0.4 is 0 Å². The molecule has 4 aromatic rings. The molecular formula is C20H16ClF2N5. The number of nitrogens with zero attached hydrogens (tertiary/aromatic N) is 5. The predicted molar refractivity (Wildman–Crippen MR) is 101 cm³/mol. The second-order valence-corrected chi connectivity index (χ2v) is 8.26. The zero-order chi connectivity index (χ0) is 19.0. The zero-order valence-corrected chi connectivity index (χ0v) is 15.5. The van der Waals surface area contributed by atoms with Crippen molar-refractivity contribution in [2.24, 2.45) is 5.92 Å². The number of hydrogen-bond donors (Lipinski definition) is 0. The third-order valence-electron chi connectivity index (χ3n) is 5.99. The Labute approximate surface area is 163 Å². The quantitative estimate of drug-likeness (QED) is 0.501. The molecule has 0 saturated heterocycles. The number of halogens is 3. The summed E-state index contributed by atoms with van der Waals surface area (Å²) in [7, 11) is 0. The Balaban J connectivity index is 1.32.